The summed E-state index contributed by atoms with van der Waals surface area (Å²) in [5.41, 5.74) is 6.77. The van der Waals surface area contributed by atoms with Gasteiger partial charge >= 0.3 is 0 Å². The minimum atomic E-state index is -0.505. The van der Waals surface area contributed by atoms with Gasteiger partial charge in [-0.3, -0.25) is 14.9 Å². The maximum absolute atomic E-state index is 12.3. The van der Waals surface area contributed by atoms with Gasteiger partial charge in [-0.25, -0.2) is 5.43 Å². The summed E-state index contributed by atoms with van der Waals surface area (Å²) in [5, 5.41) is 15.1. The van der Waals surface area contributed by atoms with Gasteiger partial charge in [0.15, 0.2) is 0 Å². The maximum Gasteiger partial charge on any atom is 0.273 e. The molecule has 3 aromatic rings. The van der Waals surface area contributed by atoms with Gasteiger partial charge in [-0.05, 0) is 36.6 Å². The molecule has 0 aliphatic carbocycles. The molecule has 0 bridgehead atoms. The molecule has 6 heteroatoms. The summed E-state index contributed by atoms with van der Waals surface area (Å²) in [5.74, 6) is -0.497. The number of nitro groups is 1. The van der Waals surface area contributed by atoms with Crippen molar-refractivity contribution < 1.29 is 9.72 Å². The number of hydrogen-bond acceptors (Lipinski definition) is 4. The van der Waals surface area contributed by atoms with E-state index in [1.165, 1.54) is 12.1 Å². The molecule has 1 N–H and O–H groups in total. The van der Waals surface area contributed by atoms with Crippen molar-refractivity contribution in [2.45, 2.75) is 13.8 Å². The fraction of sp³-hybridized carbons (Fsp3) is 0.0909. The van der Waals surface area contributed by atoms with Crippen molar-refractivity contribution in [2.24, 2.45) is 5.10 Å². The Balaban J connectivity index is 1.73. The fourth-order valence-corrected chi connectivity index (χ4v) is 2.75. The van der Waals surface area contributed by atoms with Crippen LogP contribution in [0.5, 0.6) is 0 Å². The van der Waals surface area contributed by atoms with Gasteiger partial charge < -0.3 is 0 Å². The Morgan fingerprint density at radius 1 is 0.929 bits per heavy atom. The topological polar surface area (TPSA) is 84.6 Å². The number of nitro benzene ring substituents is 1. The van der Waals surface area contributed by atoms with E-state index in [2.05, 4.69) is 10.5 Å². The smallest absolute Gasteiger partial charge is 0.267 e. The molecule has 140 valence electrons. The van der Waals surface area contributed by atoms with Gasteiger partial charge in [0, 0.05) is 17.2 Å². The largest absolute Gasteiger partial charge is 0.273 e. The first kappa shape index (κ1) is 19.0. The number of carbonyl (C=O) groups excluding carboxylic acids is 1. The first-order chi connectivity index (χ1) is 13.5. The average Bonchev–Trinajstić information content (AvgIpc) is 2.72. The van der Waals surface area contributed by atoms with Crippen LogP contribution in [0.15, 0.2) is 77.9 Å². The zero-order chi connectivity index (χ0) is 20.1. The first-order valence-corrected chi connectivity index (χ1v) is 8.71. The molecule has 1 amide bonds. The van der Waals surface area contributed by atoms with Crippen molar-refractivity contribution in [3.05, 3.63) is 99.6 Å². The van der Waals surface area contributed by atoms with Crippen LogP contribution >= 0.6 is 0 Å². The maximum atomic E-state index is 12.3. The van der Waals surface area contributed by atoms with Crippen LogP contribution in [0.25, 0.3) is 11.1 Å². The third-order valence-electron chi connectivity index (χ3n) is 4.40. The second kappa shape index (κ2) is 8.26. The van der Waals surface area contributed by atoms with E-state index in [4.69, 9.17) is 0 Å². The minimum Gasteiger partial charge on any atom is -0.267 e. The number of rotatable bonds is 5. The summed E-state index contributed by atoms with van der Waals surface area (Å²) in [6.45, 7) is 3.41. The molecule has 0 atom stereocenters. The first-order valence-electron chi connectivity index (χ1n) is 8.71. The third-order valence-corrected chi connectivity index (χ3v) is 4.40. The van der Waals surface area contributed by atoms with Gasteiger partial charge in [-0.2, -0.15) is 5.10 Å². The summed E-state index contributed by atoms with van der Waals surface area (Å²) in [6, 6.07) is 22.2. The zero-order valence-corrected chi connectivity index (χ0v) is 15.5. The highest BCUT2D eigenvalue weighted by Gasteiger charge is 2.14. The Bertz CT molecular complexity index is 1040. The minimum absolute atomic E-state index is 0.0927. The Hall–Kier alpha value is -3.80. The predicted octanol–water partition coefficient (Wildman–Crippen LogP) is 4.72. The van der Waals surface area contributed by atoms with E-state index in [1.807, 2.05) is 54.6 Å². The molecule has 0 fully saturated rings. The van der Waals surface area contributed by atoms with Crippen molar-refractivity contribution in [3.63, 3.8) is 0 Å². The highest BCUT2D eigenvalue weighted by Crippen LogP contribution is 2.20. The number of hydrazone groups is 1. The van der Waals surface area contributed by atoms with Gasteiger partial charge in [-0.1, -0.05) is 60.7 Å². The number of amides is 1. The second-order valence-electron chi connectivity index (χ2n) is 6.34. The van der Waals surface area contributed by atoms with Crippen LogP contribution in [-0.2, 0) is 0 Å². The molecule has 0 unspecified atom stereocenters. The number of nitrogens with one attached hydrogen (secondary N) is 1. The van der Waals surface area contributed by atoms with Gasteiger partial charge in [0.2, 0.25) is 0 Å². The van der Waals surface area contributed by atoms with Gasteiger partial charge in [0.25, 0.3) is 11.6 Å². The molecule has 0 spiro atoms. The quantitative estimate of drug-likeness (QED) is 0.399. The van der Waals surface area contributed by atoms with E-state index in [-0.39, 0.29) is 11.3 Å². The molecule has 0 aliphatic heterocycles. The van der Waals surface area contributed by atoms with Gasteiger partial charge in [0.1, 0.15) is 0 Å². The lowest BCUT2D eigenvalue weighted by atomic mass is 10.0. The summed E-state index contributed by atoms with van der Waals surface area (Å²) in [4.78, 5) is 22.8. The molecule has 0 heterocycles. The number of nitrogens with zero attached hydrogens (tertiary/aromatic N) is 2. The van der Waals surface area contributed by atoms with Crippen molar-refractivity contribution in [1.29, 1.82) is 0 Å². The van der Waals surface area contributed by atoms with E-state index in [0.29, 0.717) is 11.3 Å². The Labute approximate surface area is 162 Å². The molecule has 0 aromatic heterocycles. The summed E-state index contributed by atoms with van der Waals surface area (Å²) < 4.78 is 0. The van der Waals surface area contributed by atoms with Crippen molar-refractivity contribution in [2.75, 3.05) is 0 Å². The Kier molecular flexibility index (Phi) is 5.60. The summed E-state index contributed by atoms with van der Waals surface area (Å²) in [7, 11) is 0. The molecular formula is C22H19N3O3. The standard InChI is InChI=1S/C22H19N3O3/c1-15-8-9-20(14-21(15)25(27)28)22(26)24-23-16(2)17-10-12-19(13-11-17)18-6-4-3-5-7-18/h3-14H,1-2H3,(H,24,26). The van der Waals surface area contributed by atoms with E-state index in [9.17, 15) is 14.9 Å². The Morgan fingerprint density at radius 3 is 2.18 bits per heavy atom. The lowest BCUT2D eigenvalue weighted by Gasteiger charge is -2.06. The van der Waals surface area contributed by atoms with Gasteiger partial charge in [0.05, 0.1) is 10.6 Å². The number of carbonyl (C=O) groups is 1. The van der Waals surface area contributed by atoms with Crippen LogP contribution in [0.2, 0.25) is 0 Å². The normalized spacial score (nSPS) is 11.1. The van der Waals surface area contributed by atoms with E-state index < -0.39 is 10.8 Å². The third kappa shape index (κ3) is 4.29. The van der Waals surface area contributed by atoms with Crippen molar-refractivity contribution in [3.8, 4) is 11.1 Å². The summed E-state index contributed by atoms with van der Waals surface area (Å²) in [6.07, 6.45) is 0. The van der Waals surface area contributed by atoms with Crippen LogP contribution in [0, 0.1) is 17.0 Å². The molecule has 3 aromatic carbocycles. The highest BCUT2D eigenvalue weighted by atomic mass is 16.6. The Morgan fingerprint density at radius 2 is 1.54 bits per heavy atom. The molecule has 0 aliphatic rings. The molecule has 0 saturated carbocycles. The molecule has 0 radical (unpaired) electrons. The number of hydrogen-bond donors (Lipinski definition) is 1. The average molecular weight is 373 g/mol. The van der Waals surface area contributed by atoms with Crippen LogP contribution < -0.4 is 5.43 Å². The van der Waals surface area contributed by atoms with Gasteiger partial charge in [-0.15, -0.1) is 0 Å². The number of aryl methyl sites for hydroxylation is 1. The lowest BCUT2D eigenvalue weighted by Crippen LogP contribution is -2.19. The predicted molar refractivity (Wildman–Crippen MR) is 109 cm³/mol. The van der Waals surface area contributed by atoms with Crippen LogP contribution in [0.1, 0.15) is 28.4 Å². The summed E-state index contributed by atoms with van der Waals surface area (Å²) >= 11 is 0. The fourth-order valence-electron chi connectivity index (χ4n) is 2.75. The van der Waals surface area contributed by atoms with Crippen LogP contribution in [0.3, 0.4) is 0 Å². The highest BCUT2D eigenvalue weighted by molar-refractivity contribution is 6.01. The monoisotopic (exact) mass is 373 g/mol. The second-order valence-corrected chi connectivity index (χ2v) is 6.34. The van der Waals surface area contributed by atoms with E-state index in [0.717, 1.165) is 16.7 Å². The molecule has 6 nitrogen and oxygen atoms in total. The van der Waals surface area contributed by atoms with Crippen molar-refractivity contribution in [1.82, 2.24) is 5.43 Å². The van der Waals surface area contributed by atoms with E-state index >= 15 is 0 Å². The zero-order valence-electron chi connectivity index (χ0n) is 15.5. The molecular weight excluding hydrogens is 354 g/mol. The SMILES string of the molecule is CC(=NNC(=O)c1ccc(C)c([N+](=O)[O-])c1)c1ccc(-c2ccccc2)cc1. The molecule has 0 saturated heterocycles. The van der Waals surface area contributed by atoms with Crippen LogP contribution in [-0.4, -0.2) is 16.5 Å². The molecule has 3 rings (SSSR count). The van der Waals surface area contributed by atoms with Crippen molar-refractivity contribution >= 4 is 17.3 Å². The molecule has 28 heavy (non-hydrogen) atoms. The van der Waals surface area contributed by atoms with E-state index in [1.54, 1.807) is 19.9 Å². The number of benzene rings is 3. The lowest BCUT2D eigenvalue weighted by molar-refractivity contribution is -0.385. The van der Waals surface area contributed by atoms with Crippen LogP contribution in [0.4, 0.5) is 5.69 Å².